The molecule has 174 valence electrons. The van der Waals surface area contributed by atoms with Crippen LogP contribution in [0.3, 0.4) is 0 Å². The number of aliphatic hydroxyl groups excluding tert-OH is 1. The minimum atomic E-state index is -4.82. The van der Waals surface area contributed by atoms with Crippen molar-refractivity contribution in [2.45, 2.75) is 18.7 Å². The maximum Gasteiger partial charge on any atom is 0.451 e. The molecule has 14 heteroatoms. The smallest absolute Gasteiger partial charge is 0.385 e. The summed E-state index contributed by atoms with van der Waals surface area (Å²) >= 11 is 0. The minimum absolute atomic E-state index is 0.128. The van der Waals surface area contributed by atoms with Gasteiger partial charge in [-0.15, -0.1) is 0 Å². The van der Waals surface area contributed by atoms with Crippen LogP contribution in [0.4, 0.5) is 26.3 Å². The van der Waals surface area contributed by atoms with E-state index in [0.29, 0.717) is 4.68 Å². The lowest BCUT2D eigenvalue weighted by atomic mass is 10.1. The third-order valence-electron chi connectivity index (χ3n) is 4.17. The Morgan fingerprint density at radius 1 is 1.15 bits per heavy atom. The number of carbonyl (C=O) groups is 1. The first-order valence-electron chi connectivity index (χ1n) is 9.01. The Labute approximate surface area is 180 Å². The molecule has 0 spiro atoms. The summed E-state index contributed by atoms with van der Waals surface area (Å²) < 4.78 is 77.4. The fraction of sp³-hybridized carbons (Fsp3) is 0.211. The van der Waals surface area contributed by atoms with Gasteiger partial charge in [-0.1, -0.05) is 6.07 Å². The summed E-state index contributed by atoms with van der Waals surface area (Å²) in [7, 11) is 0. The molecule has 0 radical (unpaired) electrons. The molecular weight excluding hydrogens is 460 g/mol. The molecule has 1 amide bonds. The van der Waals surface area contributed by atoms with E-state index in [1.165, 1.54) is 12.1 Å². The number of alkyl halides is 5. The molecule has 3 rings (SSSR count). The van der Waals surface area contributed by atoms with Crippen molar-refractivity contribution in [2.75, 3.05) is 6.54 Å². The molecule has 0 bridgehead atoms. The topological polar surface area (TPSA) is 110 Å². The highest BCUT2D eigenvalue weighted by atomic mass is 19.4. The van der Waals surface area contributed by atoms with Gasteiger partial charge in [0.2, 0.25) is 5.82 Å². The van der Waals surface area contributed by atoms with E-state index in [-0.39, 0.29) is 16.9 Å². The highest BCUT2D eigenvalue weighted by molar-refractivity contribution is 5.94. The first-order valence-corrected chi connectivity index (χ1v) is 9.01. The molecule has 33 heavy (non-hydrogen) atoms. The first kappa shape index (κ1) is 23.8. The summed E-state index contributed by atoms with van der Waals surface area (Å²) in [4.78, 5) is 31.6. The molecule has 0 aliphatic carbocycles. The maximum atomic E-state index is 13.7. The van der Waals surface area contributed by atoms with Crippen LogP contribution in [0.5, 0.6) is 0 Å². The lowest BCUT2D eigenvalue weighted by Gasteiger charge is -2.13. The van der Waals surface area contributed by atoms with E-state index in [9.17, 15) is 35.9 Å². The molecule has 0 unspecified atom stereocenters. The average Bonchev–Trinajstić information content (AvgIpc) is 2.76. The highest BCUT2D eigenvalue weighted by Crippen LogP contribution is 2.26. The molecule has 1 atom stereocenters. The van der Waals surface area contributed by atoms with Crippen molar-refractivity contribution >= 4 is 5.91 Å². The van der Waals surface area contributed by atoms with Gasteiger partial charge < -0.3 is 10.4 Å². The van der Waals surface area contributed by atoms with Gasteiger partial charge in [0.1, 0.15) is 17.5 Å². The second-order valence-electron chi connectivity index (χ2n) is 6.55. The zero-order valence-electron chi connectivity index (χ0n) is 16.2. The van der Waals surface area contributed by atoms with Gasteiger partial charge in [0, 0.05) is 24.5 Å². The predicted molar refractivity (Wildman–Crippen MR) is 100 cm³/mol. The van der Waals surface area contributed by atoms with E-state index in [4.69, 9.17) is 5.11 Å². The van der Waals surface area contributed by atoms with E-state index >= 15 is 0 Å². The Morgan fingerprint density at radius 3 is 2.39 bits per heavy atom. The first-order chi connectivity index (χ1) is 15.5. The van der Waals surface area contributed by atoms with Gasteiger partial charge in [0.25, 0.3) is 17.9 Å². The highest BCUT2D eigenvalue weighted by Gasteiger charge is 2.34. The molecule has 0 aliphatic rings. The molecule has 0 saturated carbocycles. The molecule has 3 aromatic rings. The average molecular weight is 473 g/mol. The second kappa shape index (κ2) is 9.36. The van der Waals surface area contributed by atoms with Crippen LogP contribution in [0.1, 0.15) is 16.2 Å². The van der Waals surface area contributed by atoms with Crippen molar-refractivity contribution in [3.05, 3.63) is 70.3 Å². The van der Waals surface area contributed by atoms with Crippen LogP contribution >= 0.6 is 0 Å². The van der Waals surface area contributed by atoms with E-state index in [1.807, 2.05) is 5.32 Å². The van der Waals surface area contributed by atoms with Gasteiger partial charge in [0.15, 0.2) is 0 Å². The molecule has 2 heterocycles. The fourth-order valence-corrected chi connectivity index (χ4v) is 2.57. The number of amides is 1. The zero-order chi connectivity index (χ0) is 24.3. The van der Waals surface area contributed by atoms with Crippen LogP contribution in [0.25, 0.3) is 16.9 Å². The molecule has 2 N–H and O–H groups in total. The zero-order valence-corrected chi connectivity index (χ0v) is 16.2. The number of aromatic nitrogens is 4. The van der Waals surface area contributed by atoms with E-state index in [1.54, 1.807) is 0 Å². The summed E-state index contributed by atoms with van der Waals surface area (Å²) in [6, 6.07) is 5.37. The number of benzene rings is 1. The SMILES string of the molecule is O=C(NC[C@H](O)C(F)F)c1cc(-c2cnc(C(F)(F)F)nc2)nn(-c2cccc(F)c2)c1=O. The fourth-order valence-electron chi connectivity index (χ4n) is 2.57. The third kappa shape index (κ3) is 5.52. The summed E-state index contributed by atoms with van der Waals surface area (Å²) in [5, 5.41) is 15.1. The monoisotopic (exact) mass is 473 g/mol. The largest absolute Gasteiger partial charge is 0.451 e. The van der Waals surface area contributed by atoms with Crippen LogP contribution in [0.15, 0.2) is 47.5 Å². The van der Waals surface area contributed by atoms with E-state index in [0.717, 1.165) is 30.6 Å². The minimum Gasteiger partial charge on any atom is -0.385 e. The lowest BCUT2D eigenvalue weighted by molar-refractivity contribution is -0.145. The van der Waals surface area contributed by atoms with Gasteiger partial charge in [0.05, 0.1) is 11.4 Å². The van der Waals surface area contributed by atoms with Gasteiger partial charge in [-0.2, -0.15) is 23.0 Å². The number of hydrogen-bond donors (Lipinski definition) is 2. The Kier molecular flexibility index (Phi) is 6.76. The summed E-state index contributed by atoms with van der Waals surface area (Å²) in [6.45, 7) is -0.892. The lowest BCUT2D eigenvalue weighted by Crippen LogP contribution is -2.39. The number of hydrogen-bond acceptors (Lipinski definition) is 6. The normalized spacial score (nSPS) is 12.6. The van der Waals surface area contributed by atoms with Crippen molar-refractivity contribution in [1.82, 2.24) is 25.1 Å². The number of halogens is 6. The summed E-state index contributed by atoms with van der Waals surface area (Å²) in [5.74, 6) is -3.37. The number of carbonyl (C=O) groups excluding carboxylic acids is 1. The Balaban J connectivity index is 2.10. The van der Waals surface area contributed by atoms with Crippen LogP contribution in [-0.4, -0.2) is 49.8 Å². The molecule has 1 aromatic carbocycles. The number of rotatable bonds is 6. The summed E-state index contributed by atoms with van der Waals surface area (Å²) in [6.07, 6.45) is -8.68. The summed E-state index contributed by atoms with van der Waals surface area (Å²) in [5.41, 5.74) is -2.25. The van der Waals surface area contributed by atoms with Crippen molar-refractivity contribution in [2.24, 2.45) is 0 Å². The molecule has 0 saturated heterocycles. The van der Waals surface area contributed by atoms with E-state index < -0.39 is 53.9 Å². The van der Waals surface area contributed by atoms with Crippen molar-refractivity contribution < 1.29 is 36.2 Å². The third-order valence-corrected chi connectivity index (χ3v) is 4.17. The molecule has 0 fully saturated rings. The van der Waals surface area contributed by atoms with Crippen LogP contribution in [0, 0.1) is 5.82 Å². The molecular formula is C19H13F6N5O3. The van der Waals surface area contributed by atoms with Crippen molar-refractivity contribution in [1.29, 1.82) is 0 Å². The Bertz CT molecular complexity index is 1210. The second-order valence-corrected chi connectivity index (χ2v) is 6.55. The van der Waals surface area contributed by atoms with Crippen LogP contribution in [-0.2, 0) is 6.18 Å². The number of nitrogens with one attached hydrogen (secondary N) is 1. The van der Waals surface area contributed by atoms with Gasteiger partial charge >= 0.3 is 6.18 Å². The Morgan fingerprint density at radius 2 is 1.82 bits per heavy atom. The predicted octanol–water partition coefficient (Wildman–Crippen LogP) is 2.20. The van der Waals surface area contributed by atoms with Gasteiger partial charge in [-0.05, 0) is 24.3 Å². The Hall–Kier alpha value is -3.81. The number of nitrogens with zero attached hydrogens (tertiary/aromatic N) is 4. The molecule has 0 aliphatic heterocycles. The quantitative estimate of drug-likeness (QED) is 0.532. The number of aliphatic hydroxyl groups is 1. The standard InChI is InChI=1S/C19H13F6N5O3/c20-10-2-1-3-11(4-10)30-17(33)12(16(32)26-8-14(31)15(21)22)5-13(29-30)9-6-27-18(28-7-9)19(23,24)25/h1-7,14-15,31H,8H2,(H,26,32)/t14-/m0/s1. The van der Waals surface area contributed by atoms with Gasteiger partial charge in [-0.3, -0.25) is 9.59 Å². The van der Waals surface area contributed by atoms with Crippen molar-refractivity contribution in [3.8, 4) is 16.9 Å². The van der Waals surface area contributed by atoms with Crippen molar-refractivity contribution in [3.63, 3.8) is 0 Å². The van der Waals surface area contributed by atoms with Crippen LogP contribution in [0.2, 0.25) is 0 Å². The van der Waals surface area contributed by atoms with Gasteiger partial charge in [-0.25, -0.2) is 23.1 Å². The molecule has 2 aromatic heterocycles. The van der Waals surface area contributed by atoms with E-state index in [2.05, 4.69) is 15.1 Å². The maximum absolute atomic E-state index is 13.7. The molecule has 8 nitrogen and oxygen atoms in total. The van der Waals surface area contributed by atoms with Crippen LogP contribution < -0.4 is 10.9 Å².